The lowest BCUT2D eigenvalue weighted by Crippen LogP contribution is -2.55. The van der Waals surface area contributed by atoms with Gasteiger partial charge in [0.2, 0.25) is 0 Å². The van der Waals surface area contributed by atoms with Crippen molar-refractivity contribution in [1.29, 1.82) is 0 Å². The van der Waals surface area contributed by atoms with E-state index < -0.39 is 17.7 Å². The molecule has 0 unspecified atom stereocenters. The first-order valence-electron chi connectivity index (χ1n) is 9.72. The summed E-state index contributed by atoms with van der Waals surface area (Å²) in [6, 6.07) is 9.28. The fraction of sp³-hybridized carbons (Fsp3) is 0.381. The third kappa shape index (κ3) is 4.47. The molecule has 1 saturated heterocycles. The molecule has 1 aliphatic heterocycles. The normalized spacial score (nSPS) is 17.2. The van der Waals surface area contributed by atoms with Crippen LogP contribution in [0.15, 0.2) is 42.7 Å². The number of morpholine rings is 1. The van der Waals surface area contributed by atoms with Gasteiger partial charge in [0.1, 0.15) is 11.6 Å². The van der Waals surface area contributed by atoms with Crippen LogP contribution in [0.1, 0.15) is 20.8 Å². The van der Waals surface area contributed by atoms with Gasteiger partial charge in [-0.2, -0.15) is 0 Å². The molecule has 30 heavy (non-hydrogen) atoms. The maximum Gasteiger partial charge on any atom is 0.411 e. The molecule has 2 aromatic heterocycles. The summed E-state index contributed by atoms with van der Waals surface area (Å²) in [5, 5.41) is 2.80. The highest BCUT2D eigenvalue weighted by atomic mass is 32.1. The zero-order valence-corrected chi connectivity index (χ0v) is 17.9. The molecule has 3 heterocycles. The summed E-state index contributed by atoms with van der Waals surface area (Å²) in [7, 11) is 0. The number of hydrogen-bond donors (Lipinski definition) is 1. The number of benzene rings is 1. The Labute approximate surface area is 178 Å². The van der Waals surface area contributed by atoms with Crippen LogP contribution in [0.5, 0.6) is 0 Å². The molecule has 0 saturated carbocycles. The zero-order chi connectivity index (χ0) is 21.3. The average Bonchev–Trinajstić information content (AvgIpc) is 3.26. The van der Waals surface area contributed by atoms with Crippen LogP contribution in [0.3, 0.4) is 0 Å². The van der Waals surface area contributed by atoms with Gasteiger partial charge in [0.05, 0.1) is 24.3 Å². The molecule has 1 aromatic carbocycles. The van der Waals surface area contributed by atoms with E-state index in [1.807, 2.05) is 40.9 Å². The Hall–Kier alpha value is -2.91. The third-order valence-electron chi connectivity index (χ3n) is 4.52. The van der Waals surface area contributed by atoms with Crippen LogP contribution in [-0.4, -0.2) is 57.7 Å². The molecule has 9 heteroatoms. The Kier molecular flexibility index (Phi) is 5.48. The standard InChI is InChI=1S/C21H24N4O4S/c1-21(2,3)29-20(27)25-9-10-28-13-15(25)18(26)22-17-12-24-11-16(30-19(24)23-17)14-7-5-4-6-8-14/h4-8,11-12,15H,9-10,13H2,1-3H3,(H,22,26)/t15-/m0/s1. The summed E-state index contributed by atoms with van der Waals surface area (Å²) in [6.45, 7) is 6.16. The van der Waals surface area contributed by atoms with Gasteiger partial charge >= 0.3 is 6.09 Å². The lowest BCUT2D eigenvalue weighted by Gasteiger charge is -2.35. The van der Waals surface area contributed by atoms with E-state index in [1.54, 1.807) is 27.0 Å². The molecule has 8 nitrogen and oxygen atoms in total. The van der Waals surface area contributed by atoms with Crippen molar-refractivity contribution in [3.8, 4) is 10.4 Å². The number of thiazole rings is 1. The van der Waals surface area contributed by atoms with Crippen molar-refractivity contribution in [3.63, 3.8) is 0 Å². The minimum Gasteiger partial charge on any atom is -0.444 e. The minimum atomic E-state index is -0.770. The van der Waals surface area contributed by atoms with Crippen LogP contribution in [0, 0.1) is 0 Å². The number of carbonyl (C=O) groups is 2. The predicted molar refractivity (Wildman–Crippen MR) is 115 cm³/mol. The third-order valence-corrected chi connectivity index (χ3v) is 5.57. The first-order valence-corrected chi connectivity index (χ1v) is 10.5. The van der Waals surface area contributed by atoms with Gasteiger partial charge in [0.25, 0.3) is 5.91 Å². The number of aromatic nitrogens is 2. The van der Waals surface area contributed by atoms with Gasteiger partial charge in [-0.25, -0.2) is 9.78 Å². The Morgan fingerprint density at radius 3 is 2.70 bits per heavy atom. The molecule has 1 atom stereocenters. The van der Waals surface area contributed by atoms with Crippen LogP contribution >= 0.6 is 11.3 Å². The molecule has 4 rings (SSSR count). The van der Waals surface area contributed by atoms with E-state index in [2.05, 4.69) is 10.3 Å². The van der Waals surface area contributed by atoms with Crippen LogP contribution in [0.2, 0.25) is 0 Å². The lowest BCUT2D eigenvalue weighted by molar-refractivity contribution is -0.127. The largest absolute Gasteiger partial charge is 0.444 e. The van der Waals surface area contributed by atoms with Gasteiger partial charge in [-0.15, -0.1) is 0 Å². The summed E-state index contributed by atoms with van der Waals surface area (Å²) in [5.74, 6) is 0.0789. The molecule has 1 N–H and O–H groups in total. The second-order valence-corrected chi connectivity index (χ2v) is 9.04. The van der Waals surface area contributed by atoms with Crippen molar-refractivity contribution in [1.82, 2.24) is 14.3 Å². The fourth-order valence-corrected chi connectivity index (χ4v) is 4.13. The van der Waals surface area contributed by atoms with Crippen LogP contribution in [0.4, 0.5) is 10.6 Å². The summed E-state index contributed by atoms with van der Waals surface area (Å²) in [5.41, 5.74) is 0.479. The van der Waals surface area contributed by atoms with E-state index in [-0.39, 0.29) is 12.5 Å². The number of hydrogen-bond acceptors (Lipinski definition) is 6. The second-order valence-electron chi connectivity index (χ2n) is 8.03. The molecule has 0 spiro atoms. The highest BCUT2D eigenvalue weighted by molar-refractivity contribution is 7.20. The smallest absolute Gasteiger partial charge is 0.411 e. The van der Waals surface area contributed by atoms with Gasteiger partial charge in [0.15, 0.2) is 10.8 Å². The van der Waals surface area contributed by atoms with Crippen LogP contribution in [0.25, 0.3) is 15.4 Å². The average molecular weight is 429 g/mol. The number of anilines is 1. The maximum absolute atomic E-state index is 12.8. The van der Waals surface area contributed by atoms with Crippen molar-refractivity contribution in [2.75, 3.05) is 25.1 Å². The van der Waals surface area contributed by atoms with E-state index >= 15 is 0 Å². The van der Waals surface area contributed by atoms with Gasteiger partial charge < -0.3 is 14.8 Å². The maximum atomic E-state index is 12.8. The molecule has 0 radical (unpaired) electrons. The number of carbonyl (C=O) groups excluding carboxylic acids is 2. The number of ether oxygens (including phenoxy) is 2. The molecular weight excluding hydrogens is 404 g/mol. The molecule has 2 amide bonds. The minimum absolute atomic E-state index is 0.117. The second kappa shape index (κ2) is 8.08. The van der Waals surface area contributed by atoms with Crippen molar-refractivity contribution in [2.24, 2.45) is 0 Å². The van der Waals surface area contributed by atoms with Gasteiger partial charge in [-0.3, -0.25) is 14.1 Å². The zero-order valence-electron chi connectivity index (χ0n) is 17.1. The van der Waals surface area contributed by atoms with Crippen LogP contribution in [-0.2, 0) is 14.3 Å². The summed E-state index contributed by atoms with van der Waals surface area (Å²) in [6.07, 6.45) is 3.22. The lowest BCUT2D eigenvalue weighted by atomic mass is 10.2. The van der Waals surface area contributed by atoms with Crippen molar-refractivity contribution in [2.45, 2.75) is 32.4 Å². The molecule has 1 aliphatic rings. The summed E-state index contributed by atoms with van der Waals surface area (Å²) >= 11 is 1.54. The highest BCUT2D eigenvalue weighted by Crippen LogP contribution is 2.29. The molecule has 0 bridgehead atoms. The highest BCUT2D eigenvalue weighted by Gasteiger charge is 2.35. The van der Waals surface area contributed by atoms with E-state index in [4.69, 9.17) is 9.47 Å². The number of rotatable bonds is 3. The van der Waals surface area contributed by atoms with Gasteiger partial charge in [0, 0.05) is 12.7 Å². The Morgan fingerprint density at radius 2 is 2.00 bits per heavy atom. The van der Waals surface area contributed by atoms with Crippen molar-refractivity contribution >= 4 is 34.1 Å². The Bertz CT molecular complexity index is 1020. The van der Waals surface area contributed by atoms with Crippen molar-refractivity contribution in [3.05, 3.63) is 42.7 Å². The van der Waals surface area contributed by atoms with Gasteiger partial charge in [-0.05, 0) is 26.3 Å². The molecular formula is C21H24N4O4S. The van der Waals surface area contributed by atoms with Gasteiger partial charge in [-0.1, -0.05) is 41.7 Å². The number of nitrogens with one attached hydrogen (secondary N) is 1. The van der Waals surface area contributed by atoms with Crippen LogP contribution < -0.4 is 5.32 Å². The summed E-state index contributed by atoms with van der Waals surface area (Å²) in [4.78, 5) is 33.1. The number of imidazole rings is 1. The SMILES string of the molecule is CC(C)(C)OC(=O)N1CCOC[C@H]1C(=O)Nc1cn2cc(-c3ccccc3)sc2n1. The molecule has 1 fully saturated rings. The summed E-state index contributed by atoms with van der Waals surface area (Å²) < 4.78 is 12.7. The van der Waals surface area contributed by atoms with E-state index in [0.717, 1.165) is 15.4 Å². The Morgan fingerprint density at radius 1 is 1.23 bits per heavy atom. The molecule has 3 aromatic rings. The van der Waals surface area contributed by atoms with E-state index in [1.165, 1.54) is 16.2 Å². The van der Waals surface area contributed by atoms with Crippen molar-refractivity contribution < 1.29 is 19.1 Å². The first-order chi connectivity index (χ1) is 14.3. The molecule has 0 aliphatic carbocycles. The fourth-order valence-electron chi connectivity index (χ4n) is 3.16. The predicted octanol–water partition coefficient (Wildman–Crippen LogP) is 3.64. The first kappa shape index (κ1) is 20.4. The Balaban J connectivity index is 1.47. The topological polar surface area (TPSA) is 85.2 Å². The van der Waals surface area contributed by atoms with E-state index in [9.17, 15) is 9.59 Å². The number of fused-ring (bicyclic) bond motifs is 1. The molecule has 158 valence electrons. The quantitative estimate of drug-likeness (QED) is 0.689. The number of nitrogens with zero attached hydrogens (tertiary/aromatic N) is 3. The monoisotopic (exact) mass is 428 g/mol. The van der Waals surface area contributed by atoms with E-state index in [0.29, 0.717) is 19.0 Å². The number of amides is 2.